The van der Waals surface area contributed by atoms with Gasteiger partial charge in [0, 0.05) is 20.1 Å². The maximum atomic E-state index is 12.2. The van der Waals surface area contributed by atoms with Gasteiger partial charge in [-0.2, -0.15) is 4.98 Å². The second-order valence-electron chi connectivity index (χ2n) is 6.04. The van der Waals surface area contributed by atoms with Crippen molar-refractivity contribution in [3.05, 3.63) is 20.8 Å². The zero-order chi connectivity index (χ0) is 17.6. The Hall–Kier alpha value is -2.62. The van der Waals surface area contributed by atoms with Crippen LogP contribution in [0.4, 0.5) is 5.95 Å². The van der Waals surface area contributed by atoms with Crippen LogP contribution >= 0.6 is 0 Å². The highest BCUT2D eigenvalue weighted by atomic mass is 16.5. The topological polar surface area (TPSA) is 122 Å². The number of rotatable bonds is 3. The van der Waals surface area contributed by atoms with Crippen LogP contribution in [0.5, 0.6) is 0 Å². The predicted octanol–water partition coefficient (Wildman–Crippen LogP) is -0.878. The molecule has 3 heterocycles. The molecule has 130 valence electrons. The number of carbonyl (C=O) groups is 1. The van der Waals surface area contributed by atoms with Crippen LogP contribution < -0.4 is 16.1 Å². The number of nitrogens with one attached hydrogen (secondary N) is 1. The second kappa shape index (κ2) is 5.78. The van der Waals surface area contributed by atoms with E-state index in [-0.39, 0.29) is 23.4 Å². The fourth-order valence-corrected chi connectivity index (χ4v) is 3.09. The van der Waals surface area contributed by atoms with Crippen LogP contribution in [-0.2, 0) is 23.1 Å². The van der Waals surface area contributed by atoms with Gasteiger partial charge >= 0.3 is 11.7 Å². The molecule has 0 radical (unpaired) electrons. The van der Waals surface area contributed by atoms with Crippen LogP contribution in [0.25, 0.3) is 11.2 Å². The molecule has 0 bridgehead atoms. The van der Waals surface area contributed by atoms with E-state index in [1.54, 1.807) is 0 Å². The van der Waals surface area contributed by atoms with Crippen molar-refractivity contribution < 1.29 is 14.6 Å². The predicted molar refractivity (Wildman–Crippen MR) is 85.5 cm³/mol. The summed E-state index contributed by atoms with van der Waals surface area (Å²) in [5.74, 6) is -0.751. The summed E-state index contributed by atoms with van der Waals surface area (Å²) < 4.78 is 8.22. The lowest BCUT2D eigenvalue weighted by atomic mass is 10.2. The molecule has 0 amide bonds. The summed E-state index contributed by atoms with van der Waals surface area (Å²) in [5.41, 5.74) is -1.02. The number of anilines is 1. The van der Waals surface area contributed by atoms with Gasteiger partial charge in [-0.3, -0.25) is 23.7 Å². The summed E-state index contributed by atoms with van der Waals surface area (Å²) >= 11 is 0. The fourth-order valence-electron chi connectivity index (χ4n) is 3.09. The van der Waals surface area contributed by atoms with Crippen LogP contribution in [0.3, 0.4) is 0 Å². The van der Waals surface area contributed by atoms with Crippen molar-refractivity contribution in [2.75, 3.05) is 18.0 Å². The van der Waals surface area contributed by atoms with E-state index < -0.39 is 23.8 Å². The van der Waals surface area contributed by atoms with Gasteiger partial charge in [-0.15, -0.1) is 0 Å². The van der Waals surface area contributed by atoms with Crippen LogP contribution in [0.15, 0.2) is 9.59 Å². The van der Waals surface area contributed by atoms with Gasteiger partial charge in [0.1, 0.15) is 6.54 Å². The van der Waals surface area contributed by atoms with E-state index in [9.17, 15) is 19.5 Å². The molecule has 1 aliphatic rings. The maximum absolute atomic E-state index is 12.2. The van der Waals surface area contributed by atoms with Crippen LogP contribution in [0.1, 0.15) is 13.8 Å². The summed E-state index contributed by atoms with van der Waals surface area (Å²) in [5, 5.41) is 9.21. The van der Waals surface area contributed by atoms with Crippen LogP contribution in [0, 0.1) is 0 Å². The van der Waals surface area contributed by atoms with Crippen LogP contribution in [0.2, 0.25) is 0 Å². The normalized spacial score (nSPS) is 21.4. The SMILES string of the molecule is C[C@H]1CN(c2nc3c(c(=O)[nH]c(=O)n3C)n2CC(=O)O)C[C@H](C)O1. The number of hydrogen-bond donors (Lipinski definition) is 2. The van der Waals surface area contributed by atoms with E-state index in [4.69, 9.17) is 4.74 Å². The van der Waals surface area contributed by atoms with Gasteiger partial charge in [-0.25, -0.2) is 4.79 Å². The first-order valence-corrected chi connectivity index (χ1v) is 7.59. The standard InChI is InChI=1S/C14H19N5O5/c1-7-4-18(5-8(2)24-7)13-15-11-10(19(13)6-9(20)21)12(22)16-14(23)17(11)3/h7-8H,4-6H2,1-3H3,(H,20,21)(H,16,22,23)/t7-,8-/m0/s1. The molecule has 2 atom stereocenters. The summed E-state index contributed by atoms with van der Waals surface area (Å²) in [6.07, 6.45) is -0.122. The summed E-state index contributed by atoms with van der Waals surface area (Å²) in [4.78, 5) is 43.7. The minimum absolute atomic E-state index is 0.0612. The van der Waals surface area contributed by atoms with Crippen molar-refractivity contribution in [3.63, 3.8) is 0 Å². The van der Waals surface area contributed by atoms with Gasteiger partial charge in [0.2, 0.25) is 5.95 Å². The number of fused-ring (bicyclic) bond motifs is 1. The highest BCUT2D eigenvalue weighted by Crippen LogP contribution is 2.23. The minimum atomic E-state index is -1.10. The highest BCUT2D eigenvalue weighted by Gasteiger charge is 2.28. The van der Waals surface area contributed by atoms with E-state index in [1.807, 2.05) is 18.7 Å². The van der Waals surface area contributed by atoms with E-state index in [1.165, 1.54) is 16.2 Å². The molecule has 0 unspecified atom stereocenters. The molecule has 0 aliphatic carbocycles. The first-order valence-electron chi connectivity index (χ1n) is 7.59. The zero-order valence-electron chi connectivity index (χ0n) is 13.6. The molecule has 2 aromatic heterocycles. The lowest BCUT2D eigenvalue weighted by Crippen LogP contribution is -2.46. The maximum Gasteiger partial charge on any atom is 0.329 e. The Morgan fingerprint density at radius 1 is 1.33 bits per heavy atom. The minimum Gasteiger partial charge on any atom is -0.480 e. The molecular weight excluding hydrogens is 318 g/mol. The number of aryl methyl sites for hydroxylation is 1. The number of H-pyrrole nitrogens is 1. The van der Waals surface area contributed by atoms with Crippen molar-refractivity contribution in [1.82, 2.24) is 19.1 Å². The third kappa shape index (κ3) is 2.68. The number of imidazole rings is 1. The average molecular weight is 337 g/mol. The molecule has 2 N–H and O–H groups in total. The highest BCUT2D eigenvalue weighted by molar-refractivity contribution is 5.78. The molecular formula is C14H19N5O5. The molecule has 3 rings (SSSR count). The van der Waals surface area contributed by atoms with Crippen molar-refractivity contribution in [2.24, 2.45) is 7.05 Å². The lowest BCUT2D eigenvalue weighted by Gasteiger charge is -2.35. The van der Waals surface area contributed by atoms with E-state index in [0.717, 1.165) is 0 Å². The lowest BCUT2D eigenvalue weighted by molar-refractivity contribution is -0.137. The molecule has 1 saturated heterocycles. The number of aromatic amines is 1. The Labute approximate surface area is 136 Å². The average Bonchev–Trinajstić information content (AvgIpc) is 2.83. The smallest absolute Gasteiger partial charge is 0.329 e. The molecule has 10 heteroatoms. The Bertz CT molecular complexity index is 901. The monoisotopic (exact) mass is 337 g/mol. The Morgan fingerprint density at radius 2 is 1.96 bits per heavy atom. The molecule has 2 aromatic rings. The molecule has 0 saturated carbocycles. The quantitative estimate of drug-likeness (QED) is 0.746. The molecule has 1 fully saturated rings. The molecule has 0 aromatic carbocycles. The van der Waals surface area contributed by atoms with Gasteiger partial charge in [0.15, 0.2) is 11.2 Å². The van der Waals surface area contributed by atoms with E-state index in [2.05, 4.69) is 9.97 Å². The Kier molecular flexibility index (Phi) is 3.91. The van der Waals surface area contributed by atoms with Gasteiger partial charge < -0.3 is 14.7 Å². The first-order chi connectivity index (χ1) is 11.3. The molecule has 24 heavy (non-hydrogen) atoms. The van der Waals surface area contributed by atoms with E-state index >= 15 is 0 Å². The third-order valence-electron chi connectivity index (χ3n) is 3.98. The summed E-state index contributed by atoms with van der Waals surface area (Å²) in [6, 6.07) is 0. The first kappa shape index (κ1) is 16.2. The number of aromatic nitrogens is 4. The summed E-state index contributed by atoms with van der Waals surface area (Å²) in [7, 11) is 1.48. The molecule has 0 spiro atoms. The second-order valence-corrected chi connectivity index (χ2v) is 6.04. The fraction of sp³-hybridized carbons (Fsp3) is 0.571. The van der Waals surface area contributed by atoms with Crippen molar-refractivity contribution >= 4 is 23.1 Å². The third-order valence-corrected chi connectivity index (χ3v) is 3.98. The summed E-state index contributed by atoms with van der Waals surface area (Å²) in [6.45, 7) is 4.43. The van der Waals surface area contributed by atoms with Gasteiger partial charge in [-0.05, 0) is 13.8 Å². The van der Waals surface area contributed by atoms with Crippen molar-refractivity contribution in [2.45, 2.75) is 32.6 Å². The van der Waals surface area contributed by atoms with Crippen molar-refractivity contribution in [1.29, 1.82) is 0 Å². The number of morpholine rings is 1. The number of hydrogen-bond acceptors (Lipinski definition) is 6. The number of ether oxygens (including phenoxy) is 1. The number of nitrogens with zero attached hydrogens (tertiary/aromatic N) is 4. The van der Waals surface area contributed by atoms with Crippen LogP contribution in [-0.4, -0.2) is 55.5 Å². The molecule has 1 aliphatic heterocycles. The van der Waals surface area contributed by atoms with Gasteiger partial charge in [0.05, 0.1) is 12.2 Å². The van der Waals surface area contributed by atoms with Gasteiger partial charge in [0.25, 0.3) is 5.56 Å². The largest absolute Gasteiger partial charge is 0.480 e. The Morgan fingerprint density at radius 3 is 2.54 bits per heavy atom. The number of carboxylic acid groups (broad SMARTS) is 1. The number of carboxylic acids is 1. The molecule has 10 nitrogen and oxygen atoms in total. The zero-order valence-corrected chi connectivity index (χ0v) is 13.6. The van der Waals surface area contributed by atoms with E-state index in [0.29, 0.717) is 19.0 Å². The number of aliphatic carboxylic acids is 1. The van der Waals surface area contributed by atoms with Crippen molar-refractivity contribution in [3.8, 4) is 0 Å². The Balaban J connectivity index is 2.25. The van der Waals surface area contributed by atoms with Gasteiger partial charge in [-0.1, -0.05) is 0 Å².